The number of hydrogen-bond acceptors (Lipinski definition) is 4. The Morgan fingerprint density at radius 2 is 2.22 bits per heavy atom. The Bertz CT molecular complexity index is 134. The van der Waals surface area contributed by atoms with Gasteiger partial charge < -0.3 is 14.7 Å². The van der Waals surface area contributed by atoms with E-state index in [1.165, 1.54) is 0 Å². The largest absolute Gasteiger partial charge is 0.447 e. The van der Waals surface area contributed by atoms with Gasteiger partial charge in [0.05, 0.1) is 0 Å². The summed E-state index contributed by atoms with van der Waals surface area (Å²) in [6, 6.07) is 0. The molecule has 1 aliphatic rings. The summed E-state index contributed by atoms with van der Waals surface area (Å²) in [5.74, 6) is 0.252. The first-order valence-corrected chi connectivity index (χ1v) is 2.78. The van der Waals surface area contributed by atoms with Crippen molar-refractivity contribution in [3.05, 3.63) is 0 Å². The van der Waals surface area contributed by atoms with Gasteiger partial charge in [-0.3, -0.25) is 0 Å². The summed E-state index contributed by atoms with van der Waals surface area (Å²) in [4.78, 5) is 0. The normalized spacial score (nSPS) is 39.1. The van der Waals surface area contributed by atoms with Crippen LogP contribution >= 0.6 is 0 Å². The molecule has 0 bridgehead atoms. The Balaban J connectivity index is 2.58. The third-order valence-corrected chi connectivity index (χ3v) is 1.13. The third kappa shape index (κ3) is 1.13. The van der Waals surface area contributed by atoms with Crippen LogP contribution in [0.4, 0.5) is 0 Å². The van der Waals surface area contributed by atoms with Crippen molar-refractivity contribution < 1.29 is 14.7 Å². The van der Waals surface area contributed by atoms with Gasteiger partial charge in [0.15, 0.2) is 6.29 Å². The molecule has 0 radical (unpaired) electrons. The topological polar surface area (TPSA) is 51.0 Å². The predicted octanol–water partition coefficient (Wildman–Crippen LogP) is 0.555. The minimum Gasteiger partial charge on any atom is -0.447 e. The standard InChI is InChI=1S/C5H9NO3/c1-3-5(6-7)9-4(2)8-3/h3-4,7H,1-2H3/b6-5+/t3-,4-/m1/s1. The molecule has 1 fully saturated rings. The fourth-order valence-corrected chi connectivity index (χ4v) is 0.744. The van der Waals surface area contributed by atoms with Gasteiger partial charge in [0.1, 0.15) is 6.10 Å². The molecule has 0 aromatic heterocycles. The van der Waals surface area contributed by atoms with Crippen LogP contribution in [0.2, 0.25) is 0 Å². The van der Waals surface area contributed by atoms with E-state index in [9.17, 15) is 0 Å². The van der Waals surface area contributed by atoms with Crippen LogP contribution < -0.4 is 0 Å². The van der Waals surface area contributed by atoms with Gasteiger partial charge in [-0.25, -0.2) is 0 Å². The van der Waals surface area contributed by atoms with Crippen LogP contribution in [-0.4, -0.2) is 23.5 Å². The maximum Gasteiger partial charge on any atom is 0.257 e. The molecule has 0 aromatic rings. The highest BCUT2D eigenvalue weighted by molar-refractivity contribution is 5.81. The van der Waals surface area contributed by atoms with Crippen LogP contribution in [0.5, 0.6) is 0 Å². The Labute approximate surface area is 53.1 Å². The maximum atomic E-state index is 8.24. The van der Waals surface area contributed by atoms with Crippen LogP contribution in [-0.2, 0) is 9.47 Å². The van der Waals surface area contributed by atoms with Crippen LogP contribution in [0.25, 0.3) is 0 Å². The molecule has 1 rings (SSSR count). The van der Waals surface area contributed by atoms with E-state index >= 15 is 0 Å². The van der Waals surface area contributed by atoms with Crippen LogP contribution in [0.3, 0.4) is 0 Å². The van der Waals surface area contributed by atoms with Gasteiger partial charge in [-0.2, -0.15) is 0 Å². The van der Waals surface area contributed by atoms with E-state index in [0.29, 0.717) is 0 Å². The molecule has 0 spiro atoms. The maximum absolute atomic E-state index is 8.24. The molecule has 0 amide bonds. The second-order valence-corrected chi connectivity index (χ2v) is 1.90. The summed E-state index contributed by atoms with van der Waals surface area (Å²) in [5, 5.41) is 11.1. The number of hydrogen-bond donors (Lipinski definition) is 1. The van der Waals surface area contributed by atoms with E-state index in [4.69, 9.17) is 14.7 Å². The highest BCUT2D eigenvalue weighted by Gasteiger charge is 2.26. The second kappa shape index (κ2) is 2.23. The molecule has 0 aromatic carbocycles. The average molecular weight is 131 g/mol. The molecule has 1 N–H and O–H groups in total. The molecule has 2 atom stereocenters. The van der Waals surface area contributed by atoms with Crippen molar-refractivity contribution in [3.63, 3.8) is 0 Å². The Hall–Kier alpha value is -0.770. The zero-order chi connectivity index (χ0) is 6.85. The molecule has 1 heterocycles. The summed E-state index contributed by atoms with van der Waals surface area (Å²) in [6.45, 7) is 3.51. The Morgan fingerprint density at radius 1 is 1.56 bits per heavy atom. The number of rotatable bonds is 0. The third-order valence-electron chi connectivity index (χ3n) is 1.13. The van der Waals surface area contributed by atoms with Gasteiger partial charge in [-0.05, 0) is 13.8 Å². The van der Waals surface area contributed by atoms with Gasteiger partial charge >= 0.3 is 0 Å². The fraction of sp³-hybridized carbons (Fsp3) is 0.800. The minimum atomic E-state index is -0.286. The molecule has 4 heteroatoms. The molecule has 1 aliphatic heterocycles. The van der Waals surface area contributed by atoms with Crippen molar-refractivity contribution in [1.82, 2.24) is 0 Å². The molecule has 52 valence electrons. The summed E-state index contributed by atoms with van der Waals surface area (Å²) < 4.78 is 9.95. The van der Waals surface area contributed by atoms with Gasteiger partial charge in [0.2, 0.25) is 0 Å². The van der Waals surface area contributed by atoms with Gasteiger partial charge in [0.25, 0.3) is 5.90 Å². The van der Waals surface area contributed by atoms with Gasteiger partial charge in [0, 0.05) is 0 Å². The van der Waals surface area contributed by atoms with Crippen LogP contribution in [0.15, 0.2) is 5.16 Å². The van der Waals surface area contributed by atoms with Crippen molar-refractivity contribution in [3.8, 4) is 0 Å². The number of ether oxygens (including phenoxy) is 2. The predicted molar refractivity (Wildman–Crippen MR) is 30.3 cm³/mol. The number of oxime groups is 1. The van der Waals surface area contributed by atoms with E-state index < -0.39 is 0 Å². The first-order valence-electron chi connectivity index (χ1n) is 2.78. The SMILES string of the molecule is C[C@H]1O/C(=N/O)[C@@H](C)O1. The summed E-state index contributed by atoms with van der Waals surface area (Å²) >= 11 is 0. The monoisotopic (exact) mass is 131 g/mol. The molecule has 9 heavy (non-hydrogen) atoms. The van der Waals surface area contributed by atoms with E-state index in [1.54, 1.807) is 13.8 Å². The highest BCUT2D eigenvalue weighted by atomic mass is 16.7. The smallest absolute Gasteiger partial charge is 0.257 e. The Kier molecular flexibility index (Phi) is 1.57. The second-order valence-electron chi connectivity index (χ2n) is 1.90. The molecule has 0 aliphatic carbocycles. The first kappa shape index (κ1) is 6.35. The lowest BCUT2D eigenvalue weighted by Gasteiger charge is -1.97. The summed E-state index contributed by atoms with van der Waals surface area (Å²) in [7, 11) is 0. The average Bonchev–Trinajstić information content (AvgIpc) is 2.10. The summed E-state index contributed by atoms with van der Waals surface area (Å²) in [6.07, 6.45) is -0.504. The van der Waals surface area contributed by atoms with E-state index in [0.717, 1.165) is 0 Å². The molecule has 0 saturated carbocycles. The van der Waals surface area contributed by atoms with E-state index in [1.807, 2.05) is 0 Å². The van der Waals surface area contributed by atoms with Crippen molar-refractivity contribution >= 4 is 5.90 Å². The zero-order valence-electron chi connectivity index (χ0n) is 5.37. The molecule has 1 saturated heterocycles. The van der Waals surface area contributed by atoms with E-state index in [2.05, 4.69) is 5.16 Å². The lowest BCUT2D eigenvalue weighted by molar-refractivity contribution is -0.0293. The minimum absolute atomic E-state index is 0.218. The quantitative estimate of drug-likeness (QED) is 0.386. The van der Waals surface area contributed by atoms with Crippen molar-refractivity contribution in [1.29, 1.82) is 0 Å². The first-order chi connectivity index (χ1) is 4.24. The van der Waals surface area contributed by atoms with E-state index in [-0.39, 0.29) is 18.3 Å². The lowest BCUT2D eigenvalue weighted by atomic mass is 10.4. The summed E-state index contributed by atoms with van der Waals surface area (Å²) in [5.41, 5.74) is 0. The van der Waals surface area contributed by atoms with Crippen molar-refractivity contribution in [2.75, 3.05) is 0 Å². The lowest BCUT2D eigenvalue weighted by Crippen LogP contribution is -2.10. The van der Waals surface area contributed by atoms with Crippen molar-refractivity contribution in [2.45, 2.75) is 26.2 Å². The highest BCUT2D eigenvalue weighted by Crippen LogP contribution is 2.12. The van der Waals surface area contributed by atoms with Crippen LogP contribution in [0, 0.1) is 0 Å². The van der Waals surface area contributed by atoms with Gasteiger partial charge in [-0.1, -0.05) is 5.16 Å². The zero-order valence-corrected chi connectivity index (χ0v) is 5.37. The van der Waals surface area contributed by atoms with Crippen molar-refractivity contribution in [2.24, 2.45) is 5.16 Å². The van der Waals surface area contributed by atoms with Crippen LogP contribution in [0.1, 0.15) is 13.8 Å². The molecular weight excluding hydrogens is 122 g/mol. The fourth-order valence-electron chi connectivity index (χ4n) is 0.744. The molecule has 4 nitrogen and oxygen atoms in total. The molecule has 0 unspecified atom stereocenters. The molecular formula is C5H9NO3. The Morgan fingerprint density at radius 3 is 2.44 bits per heavy atom. The number of nitrogens with zero attached hydrogens (tertiary/aromatic N) is 1. The van der Waals surface area contributed by atoms with Gasteiger partial charge in [-0.15, -0.1) is 0 Å².